The molecule has 0 aliphatic carbocycles. The van der Waals surface area contributed by atoms with Crippen LogP contribution in [0.15, 0.2) is 30.3 Å². The fraction of sp³-hybridized carbons (Fsp3) is 0.579. The molecule has 0 saturated carbocycles. The van der Waals surface area contributed by atoms with Crippen molar-refractivity contribution in [3.05, 3.63) is 35.9 Å². The minimum Gasteiger partial charge on any atom is -0.370 e. The second-order valence-electron chi connectivity index (χ2n) is 6.69. The summed E-state index contributed by atoms with van der Waals surface area (Å²) >= 11 is 0. The van der Waals surface area contributed by atoms with Gasteiger partial charge in [0.2, 0.25) is 11.8 Å². The van der Waals surface area contributed by atoms with Crippen LogP contribution in [0.5, 0.6) is 0 Å². The third kappa shape index (κ3) is 3.96. The van der Waals surface area contributed by atoms with Crippen LogP contribution < -0.4 is 0 Å². The number of amides is 2. The molecular formula is C19H26N2O3. The molecule has 1 aromatic rings. The summed E-state index contributed by atoms with van der Waals surface area (Å²) in [5, 5.41) is 0. The third-order valence-electron chi connectivity index (χ3n) is 4.91. The normalized spacial score (nSPS) is 21.5. The first kappa shape index (κ1) is 17.0. The molecule has 2 fully saturated rings. The summed E-state index contributed by atoms with van der Waals surface area (Å²) < 4.78 is 5.85. The van der Waals surface area contributed by atoms with Gasteiger partial charge in [0.1, 0.15) is 0 Å². The highest BCUT2D eigenvalue weighted by Gasteiger charge is 2.37. The number of carbonyl (C=O) groups is 2. The number of rotatable bonds is 5. The van der Waals surface area contributed by atoms with Crippen LogP contribution in [0.4, 0.5) is 0 Å². The van der Waals surface area contributed by atoms with E-state index in [1.165, 1.54) is 0 Å². The van der Waals surface area contributed by atoms with Crippen LogP contribution in [-0.2, 0) is 20.9 Å². The molecule has 2 saturated heterocycles. The first-order chi connectivity index (χ1) is 11.7. The van der Waals surface area contributed by atoms with E-state index in [2.05, 4.69) is 0 Å². The Balaban J connectivity index is 1.42. The van der Waals surface area contributed by atoms with Gasteiger partial charge < -0.3 is 14.5 Å². The van der Waals surface area contributed by atoms with E-state index in [0.29, 0.717) is 32.7 Å². The van der Waals surface area contributed by atoms with Crippen molar-refractivity contribution in [3.8, 4) is 0 Å². The van der Waals surface area contributed by atoms with Crippen LogP contribution in [0.2, 0.25) is 0 Å². The Bertz CT molecular complexity index is 569. The molecule has 0 bridgehead atoms. The monoisotopic (exact) mass is 330 g/mol. The molecule has 3 rings (SSSR count). The largest absolute Gasteiger partial charge is 0.370 e. The van der Waals surface area contributed by atoms with Crippen molar-refractivity contribution in [2.45, 2.75) is 38.9 Å². The van der Waals surface area contributed by atoms with E-state index in [-0.39, 0.29) is 23.8 Å². The minimum absolute atomic E-state index is 0.0377. The molecule has 0 spiro atoms. The van der Waals surface area contributed by atoms with Crippen molar-refractivity contribution in [1.82, 2.24) is 9.80 Å². The van der Waals surface area contributed by atoms with E-state index < -0.39 is 0 Å². The van der Waals surface area contributed by atoms with Gasteiger partial charge in [0.25, 0.3) is 0 Å². The zero-order valence-electron chi connectivity index (χ0n) is 14.3. The van der Waals surface area contributed by atoms with E-state index in [1.54, 1.807) is 0 Å². The quantitative estimate of drug-likeness (QED) is 0.830. The van der Waals surface area contributed by atoms with E-state index in [1.807, 2.05) is 47.1 Å². The van der Waals surface area contributed by atoms with E-state index in [4.69, 9.17) is 4.74 Å². The van der Waals surface area contributed by atoms with Crippen molar-refractivity contribution >= 4 is 11.8 Å². The Morgan fingerprint density at radius 3 is 2.58 bits per heavy atom. The van der Waals surface area contributed by atoms with E-state index in [0.717, 1.165) is 24.9 Å². The highest BCUT2D eigenvalue weighted by molar-refractivity contribution is 5.82. The maximum absolute atomic E-state index is 12.6. The third-order valence-corrected chi connectivity index (χ3v) is 4.91. The molecule has 2 aliphatic rings. The van der Waals surface area contributed by atoms with E-state index >= 15 is 0 Å². The van der Waals surface area contributed by atoms with Gasteiger partial charge in [0, 0.05) is 32.6 Å². The minimum atomic E-state index is -0.0377. The van der Waals surface area contributed by atoms with Gasteiger partial charge in [-0.2, -0.15) is 0 Å². The molecular weight excluding hydrogens is 304 g/mol. The van der Waals surface area contributed by atoms with E-state index in [9.17, 15) is 9.59 Å². The van der Waals surface area contributed by atoms with Crippen LogP contribution in [0.3, 0.4) is 0 Å². The van der Waals surface area contributed by atoms with Crippen molar-refractivity contribution in [1.29, 1.82) is 0 Å². The van der Waals surface area contributed by atoms with Crippen LogP contribution >= 0.6 is 0 Å². The molecule has 5 nitrogen and oxygen atoms in total. The fourth-order valence-electron chi connectivity index (χ4n) is 3.40. The molecule has 130 valence electrons. The Kier molecular flexibility index (Phi) is 5.51. The summed E-state index contributed by atoms with van der Waals surface area (Å²) in [4.78, 5) is 28.1. The molecule has 2 heterocycles. The molecule has 0 radical (unpaired) electrons. The van der Waals surface area contributed by atoms with Crippen LogP contribution in [0.1, 0.15) is 31.7 Å². The SMILES string of the molecule is CCC(=O)N1CCC[C@H](C(=O)N2CC(OCc3ccccc3)C2)C1. The smallest absolute Gasteiger partial charge is 0.227 e. The van der Waals surface area contributed by atoms with Crippen molar-refractivity contribution in [2.24, 2.45) is 5.92 Å². The molecule has 0 unspecified atom stereocenters. The Hall–Kier alpha value is -1.88. The first-order valence-corrected chi connectivity index (χ1v) is 8.89. The summed E-state index contributed by atoms with van der Waals surface area (Å²) in [6.07, 6.45) is 2.45. The molecule has 0 N–H and O–H groups in total. The van der Waals surface area contributed by atoms with Gasteiger partial charge in [-0.05, 0) is 18.4 Å². The first-order valence-electron chi connectivity index (χ1n) is 8.89. The maximum Gasteiger partial charge on any atom is 0.227 e. The van der Waals surface area contributed by atoms with Gasteiger partial charge in [-0.1, -0.05) is 37.3 Å². The Morgan fingerprint density at radius 2 is 1.88 bits per heavy atom. The lowest BCUT2D eigenvalue weighted by atomic mass is 9.94. The lowest BCUT2D eigenvalue weighted by Crippen LogP contribution is -2.58. The number of hydrogen-bond acceptors (Lipinski definition) is 3. The average Bonchev–Trinajstić information content (AvgIpc) is 2.60. The number of ether oxygens (including phenoxy) is 1. The molecule has 2 amide bonds. The maximum atomic E-state index is 12.6. The van der Waals surface area contributed by atoms with Crippen molar-refractivity contribution in [2.75, 3.05) is 26.2 Å². The Labute approximate surface area is 143 Å². The van der Waals surface area contributed by atoms with Gasteiger partial charge in [-0.15, -0.1) is 0 Å². The molecule has 1 atom stereocenters. The summed E-state index contributed by atoms with van der Waals surface area (Å²) in [5.74, 6) is 0.299. The molecule has 1 aromatic carbocycles. The standard InChI is InChI=1S/C19H26N2O3/c1-2-18(22)20-10-6-9-16(11-20)19(23)21-12-17(13-21)24-14-15-7-4-3-5-8-15/h3-5,7-8,16-17H,2,6,9-14H2,1H3/t16-/m0/s1. The summed E-state index contributed by atoms with van der Waals surface area (Å²) in [5.41, 5.74) is 1.16. The predicted octanol–water partition coefficient (Wildman–Crippen LogP) is 2.06. The zero-order valence-corrected chi connectivity index (χ0v) is 14.3. The number of hydrogen-bond donors (Lipinski definition) is 0. The van der Waals surface area contributed by atoms with Crippen molar-refractivity contribution < 1.29 is 14.3 Å². The van der Waals surface area contributed by atoms with Crippen LogP contribution in [0, 0.1) is 5.92 Å². The number of carbonyl (C=O) groups excluding carboxylic acids is 2. The van der Waals surface area contributed by atoms with Gasteiger partial charge in [-0.25, -0.2) is 0 Å². The molecule has 5 heteroatoms. The highest BCUT2D eigenvalue weighted by atomic mass is 16.5. The van der Waals surface area contributed by atoms with Gasteiger partial charge in [0.05, 0.1) is 18.6 Å². The predicted molar refractivity (Wildman–Crippen MR) is 91.2 cm³/mol. The lowest BCUT2D eigenvalue weighted by molar-refractivity contribution is -0.153. The average molecular weight is 330 g/mol. The molecule has 2 aliphatic heterocycles. The van der Waals surface area contributed by atoms with Crippen LogP contribution in [0.25, 0.3) is 0 Å². The summed E-state index contributed by atoms with van der Waals surface area (Å²) in [6, 6.07) is 10.1. The molecule has 24 heavy (non-hydrogen) atoms. The zero-order chi connectivity index (χ0) is 16.9. The van der Waals surface area contributed by atoms with Crippen LogP contribution in [-0.4, -0.2) is 53.9 Å². The topological polar surface area (TPSA) is 49.9 Å². The van der Waals surface area contributed by atoms with Crippen molar-refractivity contribution in [3.63, 3.8) is 0 Å². The number of benzene rings is 1. The van der Waals surface area contributed by atoms with Gasteiger partial charge in [0.15, 0.2) is 0 Å². The van der Waals surface area contributed by atoms with Gasteiger partial charge >= 0.3 is 0 Å². The number of piperidine rings is 1. The summed E-state index contributed by atoms with van der Waals surface area (Å²) in [6.45, 7) is 5.18. The lowest BCUT2D eigenvalue weighted by Gasteiger charge is -2.42. The fourth-order valence-corrected chi connectivity index (χ4v) is 3.40. The second kappa shape index (κ2) is 7.79. The Morgan fingerprint density at radius 1 is 1.12 bits per heavy atom. The summed E-state index contributed by atoms with van der Waals surface area (Å²) in [7, 11) is 0. The number of likely N-dealkylation sites (tertiary alicyclic amines) is 2. The second-order valence-corrected chi connectivity index (χ2v) is 6.69. The highest BCUT2D eigenvalue weighted by Crippen LogP contribution is 2.23. The number of nitrogens with zero attached hydrogens (tertiary/aromatic N) is 2. The molecule has 0 aromatic heterocycles. The van der Waals surface area contributed by atoms with Gasteiger partial charge in [-0.3, -0.25) is 9.59 Å².